The molecule has 380 valence electrons. The van der Waals surface area contributed by atoms with Crippen LogP contribution < -0.4 is 10.4 Å². The summed E-state index contributed by atoms with van der Waals surface area (Å²) in [6.07, 6.45) is 34.9. The number of benzene rings is 7. The summed E-state index contributed by atoms with van der Waals surface area (Å²) in [5.41, 5.74) is 23.2. The minimum Gasteiger partial charge on any atom is -0.354 e. The highest BCUT2D eigenvalue weighted by atomic mass is 14.8. The third-order valence-corrected chi connectivity index (χ3v) is 22.2. The Kier molecular flexibility index (Phi) is 7.94. The lowest BCUT2D eigenvalue weighted by Gasteiger charge is -2.34. The Morgan fingerprint density at radius 2 is 0.550 bits per heavy atom. The van der Waals surface area contributed by atoms with Gasteiger partial charge < -0.3 is 9.97 Å². The van der Waals surface area contributed by atoms with Gasteiger partial charge in [-0.2, -0.15) is 0 Å². The number of aromatic amines is 2. The van der Waals surface area contributed by atoms with Crippen LogP contribution in [0.4, 0.5) is 0 Å². The largest absolute Gasteiger partial charge is 0.354 e. The predicted molar refractivity (Wildman–Crippen MR) is 328 cm³/mol. The van der Waals surface area contributed by atoms with Gasteiger partial charge in [-0.05, 0) is 199 Å². The number of aromatic nitrogens is 4. The molecule has 16 bridgehead atoms. The third-order valence-electron chi connectivity index (χ3n) is 22.2. The normalized spacial score (nSPS) is 26.9. The van der Waals surface area contributed by atoms with Crippen molar-refractivity contribution in [2.75, 3.05) is 0 Å². The molecule has 0 fully saturated rings. The Morgan fingerprint density at radius 3 is 0.850 bits per heavy atom. The summed E-state index contributed by atoms with van der Waals surface area (Å²) in [4.78, 5) is 19.9. The molecule has 7 aromatic carbocycles. The molecule has 0 saturated heterocycles. The summed E-state index contributed by atoms with van der Waals surface area (Å²) in [6.45, 7) is 0. The second kappa shape index (κ2) is 14.9. The zero-order valence-corrected chi connectivity index (χ0v) is 44.5. The molecule has 5 heterocycles. The van der Waals surface area contributed by atoms with Crippen molar-refractivity contribution >= 4 is 88.1 Å². The fraction of sp³-hybridized carbons (Fsp3) is 0.237. The number of hydrogen-bond acceptors (Lipinski definition) is 2. The maximum absolute atomic E-state index is 5.85. The van der Waals surface area contributed by atoms with Crippen LogP contribution in [0.3, 0.4) is 0 Å². The van der Waals surface area contributed by atoms with Gasteiger partial charge in [-0.25, -0.2) is 4.98 Å². The molecule has 2 aliphatic heterocycles. The molecule has 25 rings (SSSR count). The smallest absolute Gasteiger partial charge is 0.0737 e. The van der Waals surface area contributed by atoms with Crippen molar-refractivity contribution in [2.45, 2.75) is 111 Å². The van der Waals surface area contributed by atoms with Crippen molar-refractivity contribution in [1.29, 1.82) is 0 Å². The molecular weight excluding hydrogens is 969 g/mol. The average molecular weight is 1030 g/mol. The molecule has 0 radical (unpaired) electrons. The van der Waals surface area contributed by atoms with Crippen LogP contribution in [0.25, 0.3) is 111 Å². The van der Waals surface area contributed by atoms with Gasteiger partial charge in [-0.15, -0.1) is 0 Å². The molecular formula is C76H56N4. The van der Waals surface area contributed by atoms with Crippen molar-refractivity contribution in [3.63, 3.8) is 0 Å². The Balaban J connectivity index is 0.877. The quantitative estimate of drug-likeness (QED) is 0.149. The molecule has 10 unspecified atom stereocenters. The molecule has 10 aromatic rings. The monoisotopic (exact) mass is 1020 g/mol. The van der Waals surface area contributed by atoms with Gasteiger partial charge in [0.1, 0.15) is 0 Å². The van der Waals surface area contributed by atoms with Gasteiger partial charge in [0.2, 0.25) is 0 Å². The first-order chi connectivity index (χ1) is 39.5. The highest BCUT2D eigenvalue weighted by molar-refractivity contribution is 6.15. The van der Waals surface area contributed by atoms with Gasteiger partial charge in [-0.3, -0.25) is 4.98 Å². The molecule has 3 aromatic heterocycles. The third kappa shape index (κ3) is 5.72. The van der Waals surface area contributed by atoms with Gasteiger partial charge >= 0.3 is 0 Å². The Bertz CT molecular complexity index is 4800. The Labute approximate surface area is 462 Å². The Morgan fingerprint density at radius 1 is 0.275 bits per heavy atom. The van der Waals surface area contributed by atoms with Crippen molar-refractivity contribution < 1.29 is 0 Å². The number of fused-ring (bicyclic) bond motifs is 28. The van der Waals surface area contributed by atoms with Crippen molar-refractivity contribution in [2.24, 2.45) is 0 Å². The second-order valence-electron chi connectivity index (χ2n) is 26.2. The summed E-state index contributed by atoms with van der Waals surface area (Å²) in [6, 6.07) is 44.7. The van der Waals surface area contributed by atoms with E-state index in [2.05, 4.69) is 180 Å². The number of rotatable bonds is 0. The summed E-state index contributed by atoms with van der Waals surface area (Å²) in [7, 11) is 0. The van der Waals surface area contributed by atoms with Crippen LogP contribution in [-0.2, 0) is 0 Å². The minimum absolute atomic E-state index is 0.0787. The maximum Gasteiger partial charge on any atom is 0.0737 e. The van der Waals surface area contributed by atoms with E-state index >= 15 is 0 Å². The van der Waals surface area contributed by atoms with Crippen molar-refractivity contribution in [1.82, 2.24) is 19.9 Å². The van der Waals surface area contributed by atoms with Crippen LogP contribution >= 0.6 is 0 Å². The SMILES string of the molecule is C1=CC2CCC1c1cc3c(cc12)=CC1c2cc4[nH]c(cc5nc(cc6[nH]c(cc(n2)C1C=3)c1cc2cc3c(cc2cc61)C1C=CC3CC1)-c1cc2cc3c(cc2cc1-5)C1C=CC3CC1)c1cc2cc3c(cc2cc41)C1C=CC3CC1. The summed E-state index contributed by atoms with van der Waals surface area (Å²) < 4.78 is 0. The van der Waals surface area contributed by atoms with Crippen molar-refractivity contribution in [3.8, 4) is 22.5 Å². The van der Waals surface area contributed by atoms with E-state index in [4.69, 9.17) is 9.97 Å². The molecule has 4 heteroatoms. The van der Waals surface area contributed by atoms with Crippen LogP contribution in [0, 0.1) is 0 Å². The number of nitrogens with one attached hydrogen (secondary N) is 2. The van der Waals surface area contributed by atoms with E-state index in [0.717, 1.165) is 44.8 Å². The van der Waals surface area contributed by atoms with Crippen LogP contribution in [0.15, 0.2) is 158 Å². The van der Waals surface area contributed by atoms with E-state index in [1.165, 1.54) is 171 Å². The molecule has 15 aliphatic rings. The van der Waals surface area contributed by atoms with Gasteiger partial charge in [-0.1, -0.05) is 109 Å². The predicted octanol–water partition coefficient (Wildman–Crippen LogP) is 17.7. The van der Waals surface area contributed by atoms with Crippen LogP contribution in [-0.4, -0.2) is 19.9 Å². The van der Waals surface area contributed by atoms with Gasteiger partial charge in [0.05, 0.1) is 22.8 Å². The van der Waals surface area contributed by atoms with E-state index in [-0.39, 0.29) is 11.8 Å². The van der Waals surface area contributed by atoms with Gasteiger partial charge in [0.15, 0.2) is 0 Å². The number of hydrogen-bond donors (Lipinski definition) is 2. The highest BCUT2D eigenvalue weighted by Gasteiger charge is 2.36. The average Bonchev–Trinajstić information content (AvgIpc) is 4.34. The van der Waals surface area contributed by atoms with E-state index in [1.54, 1.807) is 0 Å². The first-order valence-corrected chi connectivity index (χ1v) is 30.3. The molecule has 2 N–H and O–H groups in total. The lowest BCUT2D eigenvalue weighted by atomic mass is 9.70. The van der Waals surface area contributed by atoms with Gasteiger partial charge in [0.25, 0.3) is 0 Å². The molecule has 0 saturated carbocycles. The lowest BCUT2D eigenvalue weighted by Crippen LogP contribution is -2.34. The fourth-order valence-corrected chi connectivity index (χ4v) is 18.1. The lowest BCUT2D eigenvalue weighted by molar-refractivity contribution is 0.552. The van der Waals surface area contributed by atoms with E-state index < -0.39 is 0 Å². The second-order valence-corrected chi connectivity index (χ2v) is 26.2. The van der Waals surface area contributed by atoms with Crippen LogP contribution in [0.5, 0.6) is 0 Å². The maximum atomic E-state index is 5.85. The molecule has 13 aliphatic carbocycles. The summed E-state index contributed by atoms with van der Waals surface area (Å²) in [5.74, 6) is 4.22. The topological polar surface area (TPSA) is 57.4 Å². The minimum atomic E-state index is 0.0787. The fourth-order valence-electron chi connectivity index (χ4n) is 18.1. The zero-order chi connectivity index (χ0) is 51.4. The number of allylic oxidation sites excluding steroid dienone is 8. The van der Waals surface area contributed by atoms with Crippen LogP contribution in [0.1, 0.15) is 166 Å². The standard InChI is InChI=1S/C76H56N4/c1-2-38-4-3-37(1)53-17-45-25-61-62(26-46(45)18-54(38)53)70-34-72-65-29-49-21-57-41-9-11-42(12-10-41)58(57)22-50(49)30-66(65)74(79-72)36-76-68-32-52-24-60-44-15-13-43(14-16-44)59(60)23-51(52)31-67(68)75(80-76)35-73-64-28-48-20-56-40-7-5-39(6-8-40)55(56)19-47(48)27-63(64)71(78-73)33-69(61)77-70/h1-2,5,7,9,11,13,15,17-44,61-62,78-79H,3-4,6,8,10,12,14,16H2. The first-order valence-electron chi connectivity index (χ1n) is 30.3. The summed E-state index contributed by atoms with van der Waals surface area (Å²) >= 11 is 0. The molecule has 4 nitrogen and oxygen atoms in total. The molecule has 0 spiro atoms. The highest BCUT2D eigenvalue weighted by Crippen LogP contribution is 2.52. The number of H-pyrrole nitrogens is 2. The zero-order valence-electron chi connectivity index (χ0n) is 44.5. The van der Waals surface area contributed by atoms with Crippen molar-refractivity contribution in [3.05, 3.63) is 224 Å². The first kappa shape index (κ1) is 42.6. The van der Waals surface area contributed by atoms with E-state index in [0.29, 0.717) is 47.3 Å². The van der Waals surface area contributed by atoms with Gasteiger partial charge in [0, 0.05) is 114 Å². The van der Waals surface area contributed by atoms with Crippen LogP contribution in [0.2, 0.25) is 0 Å². The van der Waals surface area contributed by atoms with E-state index in [9.17, 15) is 0 Å². The summed E-state index contributed by atoms with van der Waals surface area (Å²) in [5, 5.41) is 15.5. The number of nitrogens with zero attached hydrogens (tertiary/aromatic N) is 2. The molecule has 0 amide bonds. The molecule has 80 heavy (non-hydrogen) atoms. The molecule has 10 atom stereocenters. The Hall–Kier alpha value is -8.34. The van der Waals surface area contributed by atoms with E-state index in [1.807, 2.05) is 0 Å².